The molecule has 0 spiro atoms. The van der Waals surface area contributed by atoms with Gasteiger partial charge in [0.05, 0.1) is 11.5 Å². The highest BCUT2D eigenvalue weighted by Crippen LogP contribution is 2.20. The van der Waals surface area contributed by atoms with Crippen LogP contribution in [0.25, 0.3) is 0 Å². The Bertz CT molecular complexity index is 330. The quantitative estimate of drug-likeness (QED) is 0.696. The molecule has 0 aliphatic carbocycles. The lowest BCUT2D eigenvalue weighted by atomic mass is 9.86. The van der Waals surface area contributed by atoms with Crippen molar-refractivity contribution >= 4 is 5.91 Å². The average Bonchev–Trinajstić information content (AvgIpc) is 2.81. The number of rotatable bonds is 5. The number of hydrogen-bond donors (Lipinski definition) is 3. The summed E-state index contributed by atoms with van der Waals surface area (Å²) in [6.07, 6.45) is 4.13. The molecule has 0 aromatic carbocycles. The van der Waals surface area contributed by atoms with Crippen molar-refractivity contribution in [2.24, 2.45) is 11.1 Å². The number of H-pyrrole nitrogens is 1. The topological polar surface area (TPSA) is 83.8 Å². The zero-order valence-electron chi connectivity index (χ0n) is 10.1. The zero-order valence-corrected chi connectivity index (χ0v) is 10.1. The number of nitrogens with zero attached hydrogens (tertiary/aromatic N) is 1. The molecule has 0 saturated heterocycles. The normalized spacial score (nSPS) is 16.5. The van der Waals surface area contributed by atoms with E-state index in [-0.39, 0.29) is 11.9 Å². The minimum atomic E-state index is -0.499. The van der Waals surface area contributed by atoms with Crippen molar-refractivity contribution < 1.29 is 4.79 Å². The maximum atomic E-state index is 12.0. The van der Waals surface area contributed by atoms with E-state index in [1.165, 1.54) is 0 Å². The molecule has 1 aromatic heterocycles. The van der Waals surface area contributed by atoms with Crippen LogP contribution in [-0.2, 0) is 4.79 Å². The molecule has 0 aliphatic heterocycles. The van der Waals surface area contributed by atoms with Crippen LogP contribution in [-0.4, -0.2) is 22.4 Å². The number of imidazole rings is 1. The number of aromatic amines is 1. The summed E-state index contributed by atoms with van der Waals surface area (Å²) in [4.78, 5) is 19.1. The highest BCUT2D eigenvalue weighted by molar-refractivity contribution is 5.82. The molecule has 0 radical (unpaired) electrons. The maximum absolute atomic E-state index is 12.0. The van der Waals surface area contributed by atoms with Crippen molar-refractivity contribution in [3.05, 3.63) is 18.2 Å². The second-order valence-electron chi connectivity index (χ2n) is 4.29. The van der Waals surface area contributed by atoms with Gasteiger partial charge in [-0.15, -0.1) is 0 Å². The minimum absolute atomic E-state index is 0.0265. The summed E-state index contributed by atoms with van der Waals surface area (Å²) in [6, 6.07) is -0.125. The molecular weight excluding hydrogens is 204 g/mol. The Morgan fingerprint density at radius 3 is 2.88 bits per heavy atom. The van der Waals surface area contributed by atoms with Crippen LogP contribution in [0, 0.1) is 5.41 Å². The Kier molecular flexibility index (Phi) is 4.06. The van der Waals surface area contributed by atoms with E-state index in [2.05, 4.69) is 15.3 Å². The molecule has 5 heteroatoms. The lowest BCUT2D eigenvalue weighted by Crippen LogP contribution is -2.44. The first-order chi connectivity index (χ1) is 7.53. The molecule has 2 atom stereocenters. The summed E-state index contributed by atoms with van der Waals surface area (Å²) in [5.74, 6) is 0.727. The fourth-order valence-electron chi connectivity index (χ4n) is 1.35. The van der Waals surface area contributed by atoms with E-state index in [0.717, 1.165) is 12.2 Å². The van der Waals surface area contributed by atoms with Crippen LogP contribution in [0.2, 0.25) is 0 Å². The Balaban J connectivity index is 2.64. The summed E-state index contributed by atoms with van der Waals surface area (Å²) in [5, 5.41) is 2.91. The third-order valence-corrected chi connectivity index (χ3v) is 3.06. The molecule has 5 nitrogen and oxygen atoms in total. The number of carbonyl (C=O) groups excluding carboxylic acids is 1. The van der Waals surface area contributed by atoms with Crippen LogP contribution in [0.3, 0.4) is 0 Å². The first-order valence-corrected chi connectivity index (χ1v) is 5.54. The van der Waals surface area contributed by atoms with E-state index in [1.54, 1.807) is 12.4 Å². The highest BCUT2D eigenvalue weighted by atomic mass is 16.2. The first-order valence-electron chi connectivity index (χ1n) is 5.54. The van der Waals surface area contributed by atoms with Crippen molar-refractivity contribution in [3.63, 3.8) is 0 Å². The fraction of sp³-hybridized carbons (Fsp3) is 0.636. The summed E-state index contributed by atoms with van der Waals surface area (Å²) in [6.45, 7) is 6.07. The highest BCUT2D eigenvalue weighted by Gasteiger charge is 2.30. The molecule has 0 bridgehead atoms. The van der Waals surface area contributed by atoms with Gasteiger partial charge in [0.1, 0.15) is 5.82 Å². The van der Waals surface area contributed by atoms with Gasteiger partial charge in [0.25, 0.3) is 0 Å². The van der Waals surface area contributed by atoms with E-state index in [0.29, 0.717) is 6.54 Å². The van der Waals surface area contributed by atoms with Crippen LogP contribution in [0.1, 0.15) is 39.1 Å². The van der Waals surface area contributed by atoms with E-state index >= 15 is 0 Å². The summed E-state index contributed by atoms with van der Waals surface area (Å²) < 4.78 is 0. The molecule has 1 aromatic rings. The molecule has 2 unspecified atom stereocenters. The number of amides is 1. The average molecular weight is 224 g/mol. The van der Waals surface area contributed by atoms with Crippen LogP contribution in [0.4, 0.5) is 0 Å². The molecule has 0 aliphatic rings. The van der Waals surface area contributed by atoms with Gasteiger partial charge in [-0.25, -0.2) is 4.98 Å². The van der Waals surface area contributed by atoms with E-state index in [4.69, 9.17) is 5.73 Å². The predicted molar refractivity (Wildman–Crippen MR) is 62.6 cm³/mol. The molecule has 1 rings (SSSR count). The van der Waals surface area contributed by atoms with Gasteiger partial charge in [-0.1, -0.05) is 6.92 Å². The molecule has 90 valence electrons. The first kappa shape index (κ1) is 12.7. The number of nitrogens with two attached hydrogens (primary N) is 1. The van der Waals surface area contributed by atoms with Gasteiger partial charge < -0.3 is 16.0 Å². The van der Waals surface area contributed by atoms with Gasteiger partial charge in [0.2, 0.25) is 5.91 Å². The Morgan fingerprint density at radius 1 is 1.75 bits per heavy atom. The standard InChI is InChI=1S/C11H20N4O/c1-4-11(3,7-12)10(16)15-8(2)9-13-5-6-14-9/h5-6,8H,4,7,12H2,1-3H3,(H,13,14)(H,15,16). The molecule has 0 saturated carbocycles. The molecular formula is C11H20N4O. The summed E-state index contributed by atoms with van der Waals surface area (Å²) >= 11 is 0. The van der Waals surface area contributed by atoms with Crippen molar-refractivity contribution in [3.8, 4) is 0 Å². The summed E-state index contributed by atoms with van der Waals surface area (Å²) in [5.41, 5.74) is 5.13. The summed E-state index contributed by atoms with van der Waals surface area (Å²) in [7, 11) is 0. The van der Waals surface area contributed by atoms with Crippen LogP contribution >= 0.6 is 0 Å². The number of nitrogens with one attached hydrogen (secondary N) is 2. The monoisotopic (exact) mass is 224 g/mol. The SMILES string of the molecule is CCC(C)(CN)C(=O)NC(C)c1ncc[nH]1. The maximum Gasteiger partial charge on any atom is 0.227 e. The third-order valence-electron chi connectivity index (χ3n) is 3.06. The Hall–Kier alpha value is -1.36. The smallest absolute Gasteiger partial charge is 0.227 e. The lowest BCUT2D eigenvalue weighted by molar-refractivity contribution is -0.130. The Morgan fingerprint density at radius 2 is 2.44 bits per heavy atom. The van der Waals surface area contributed by atoms with Crippen LogP contribution in [0.15, 0.2) is 12.4 Å². The molecule has 16 heavy (non-hydrogen) atoms. The van der Waals surface area contributed by atoms with Gasteiger partial charge >= 0.3 is 0 Å². The van der Waals surface area contributed by atoms with Crippen molar-refractivity contribution in [2.75, 3.05) is 6.54 Å². The molecule has 0 fully saturated rings. The van der Waals surface area contributed by atoms with Crippen molar-refractivity contribution in [1.82, 2.24) is 15.3 Å². The van der Waals surface area contributed by atoms with Crippen LogP contribution in [0.5, 0.6) is 0 Å². The molecule has 1 heterocycles. The number of carbonyl (C=O) groups is 1. The van der Waals surface area contributed by atoms with Gasteiger partial charge in [-0.05, 0) is 20.3 Å². The van der Waals surface area contributed by atoms with E-state index in [1.807, 2.05) is 20.8 Å². The number of aromatic nitrogens is 2. The lowest BCUT2D eigenvalue weighted by Gasteiger charge is -2.26. The van der Waals surface area contributed by atoms with Crippen molar-refractivity contribution in [1.29, 1.82) is 0 Å². The van der Waals surface area contributed by atoms with Gasteiger partial charge in [0, 0.05) is 18.9 Å². The molecule has 4 N–H and O–H groups in total. The largest absolute Gasteiger partial charge is 0.347 e. The van der Waals surface area contributed by atoms with Gasteiger partial charge in [-0.3, -0.25) is 4.79 Å². The molecule has 1 amide bonds. The Labute approximate surface area is 95.8 Å². The second kappa shape index (κ2) is 5.12. The predicted octanol–water partition coefficient (Wildman–Crippen LogP) is 0.962. The minimum Gasteiger partial charge on any atom is -0.347 e. The second-order valence-corrected chi connectivity index (χ2v) is 4.29. The van der Waals surface area contributed by atoms with E-state index in [9.17, 15) is 4.79 Å². The number of hydrogen-bond acceptors (Lipinski definition) is 3. The zero-order chi connectivity index (χ0) is 12.2. The third kappa shape index (κ3) is 2.61. The van der Waals surface area contributed by atoms with E-state index < -0.39 is 5.41 Å². The van der Waals surface area contributed by atoms with Crippen LogP contribution < -0.4 is 11.1 Å². The fourth-order valence-corrected chi connectivity index (χ4v) is 1.35. The van der Waals surface area contributed by atoms with Gasteiger partial charge in [0.15, 0.2) is 0 Å². The van der Waals surface area contributed by atoms with Crippen molar-refractivity contribution in [2.45, 2.75) is 33.2 Å². The van der Waals surface area contributed by atoms with Gasteiger partial charge in [-0.2, -0.15) is 0 Å².